The molecular weight excluding hydrogens is 334 g/mol. The van der Waals surface area contributed by atoms with Gasteiger partial charge in [0.1, 0.15) is 5.56 Å². The molecule has 0 fully saturated rings. The van der Waals surface area contributed by atoms with Gasteiger partial charge in [0.05, 0.1) is 11.5 Å². The molecule has 1 aromatic heterocycles. The summed E-state index contributed by atoms with van der Waals surface area (Å²) in [5.41, 5.74) is 0.735. The quantitative estimate of drug-likeness (QED) is 0.590. The van der Waals surface area contributed by atoms with E-state index in [2.05, 4.69) is 4.98 Å². The van der Waals surface area contributed by atoms with Gasteiger partial charge in [0.15, 0.2) is 0 Å². The van der Waals surface area contributed by atoms with Crippen molar-refractivity contribution < 1.29 is 14.5 Å². The Morgan fingerprint density at radius 1 is 1.42 bits per heavy atom. The molecule has 1 aromatic carbocycles. The van der Waals surface area contributed by atoms with Crippen LogP contribution in [-0.2, 0) is 6.54 Å². The van der Waals surface area contributed by atoms with Crippen LogP contribution < -0.4 is 4.74 Å². The van der Waals surface area contributed by atoms with Crippen LogP contribution in [0, 0.1) is 10.1 Å². The van der Waals surface area contributed by atoms with Gasteiger partial charge < -0.3 is 9.64 Å². The number of aromatic nitrogens is 1. The van der Waals surface area contributed by atoms with Crippen LogP contribution in [0.2, 0.25) is 5.02 Å². The second kappa shape index (κ2) is 7.74. The first-order valence-corrected chi connectivity index (χ1v) is 7.58. The van der Waals surface area contributed by atoms with Crippen molar-refractivity contribution in [1.29, 1.82) is 0 Å². The van der Waals surface area contributed by atoms with Crippen molar-refractivity contribution >= 4 is 23.2 Å². The first-order chi connectivity index (χ1) is 11.4. The zero-order valence-corrected chi connectivity index (χ0v) is 14.0. The molecular formula is C16H16ClN3O4. The molecule has 0 aliphatic carbocycles. The van der Waals surface area contributed by atoms with Crippen LogP contribution in [0.3, 0.4) is 0 Å². The monoisotopic (exact) mass is 349 g/mol. The number of nitro groups is 1. The maximum atomic E-state index is 12.6. The molecule has 1 amide bonds. The van der Waals surface area contributed by atoms with Gasteiger partial charge >= 0.3 is 0 Å². The fourth-order valence-corrected chi connectivity index (χ4v) is 2.31. The highest BCUT2D eigenvalue weighted by Crippen LogP contribution is 2.24. The third kappa shape index (κ3) is 3.99. The molecule has 8 heteroatoms. The van der Waals surface area contributed by atoms with Gasteiger partial charge in [-0.15, -0.1) is 0 Å². The lowest BCUT2D eigenvalue weighted by atomic mass is 10.1. The van der Waals surface area contributed by atoms with Crippen LogP contribution in [0.1, 0.15) is 22.8 Å². The summed E-state index contributed by atoms with van der Waals surface area (Å²) in [6, 6.07) is 7.39. The Hall–Kier alpha value is -2.67. The van der Waals surface area contributed by atoms with Crippen LogP contribution >= 0.6 is 11.6 Å². The van der Waals surface area contributed by atoms with Crippen molar-refractivity contribution in [3.8, 4) is 5.88 Å². The van der Waals surface area contributed by atoms with Gasteiger partial charge in [-0.25, -0.2) is 4.98 Å². The zero-order valence-electron chi connectivity index (χ0n) is 13.2. The van der Waals surface area contributed by atoms with E-state index >= 15 is 0 Å². The van der Waals surface area contributed by atoms with E-state index in [1.165, 1.54) is 23.1 Å². The molecule has 0 unspecified atom stereocenters. The summed E-state index contributed by atoms with van der Waals surface area (Å²) in [6.45, 7) is 2.31. The second-order valence-electron chi connectivity index (χ2n) is 4.98. The lowest BCUT2D eigenvalue weighted by Gasteiger charge is -2.19. The molecule has 24 heavy (non-hydrogen) atoms. The third-order valence-electron chi connectivity index (χ3n) is 3.28. The number of ether oxygens (including phenoxy) is 1. The van der Waals surface area contributed by atoms with Gasteiger partial charge in [0, 0.05) is 36.9 Å². The first kappa shape index (κ1) is 17.7. The number of carbonyl (C=O) groups is 1. The lowest BCUT2D eigenvalue weighted by molar-refractivity contribution is -0.384. The number of nitro benzene ring substituents is 1. The van der Waals surface area contributed by atoms with Gasteiger partial charge in [-0.3, -0.25) is 14.9 Å². The number of non-ortho nitro benzene ring substituents is 1. The van der Waals surface area contributed by atoms with E-state index in [1.54, 1.807) is 32.3 Å². The molecule has 1 heterocycles. The molecule has 0 spiro atoms. The molecule has 0 bridgehead atoms. The van der Waals surface area contributed by atoms with Gasteiger partial charge in [0.25, 0.3) is 11.6 Å². The van der Waals surface area contributed by atoms with E-state index in [9.17, 15) is 14.9 Å². The first-order valence-electron chi connectivity index (χ1n) is 7.20. The lowest BCUT2D eigenvalue weighted by Crippen LogP contribution is -2.27. The minimum atomic E-state index is -0.504. The Balaban J connectivity index is 2.24. The SMILES string of the molecule is CCOc1ncccc1C(=O)N(C)Cc1cc([N+](=O)[O-])ccc1Cl. The summed E-state index contributed by atoms with van der Waals surface area (Å²) in [4.78, 5) is 28.4. The number of rotatable bonds is 6. The van der Waals surface area contributed by atoms with Crippen LogP contribution in [0.5, 0.6) is 5.88 Å². The zero-order chi connectivity index (χ0) is 17.7. The predicted molar refractivity (Wildman–Crippen MR) is 89.3 cm³/mol. The number of hydrogen-bond acceptors (Lipinski definition) is 5. The van der Waals surface area contributed by atoms with E-state index in [0.29, 0.717) is 22.8 Å². The summed E-state index contributed by atoms with van der Waals surface area (Å²) < 4.78 is 5.36. The van der Waals surface area contributed by atoms with Crippen LogP contribution in [0.25, 0.3) is 0 Å². The average molecular weight is 350 g/mol. The molecule has 126 valence electrons. The maximum Gasteiger partial charge on any atom is 0.269 e. The number of halogens is 1. The highest BCUT2D eigenvalue weighted by Gasteiger charge is 2.19. The van der Waals surface area contributed by atoms with Crippen molar-refractivity contribution in [1.82, 2.24) is 9.88 Å². The van der Waals surface area contributed by atoms with Crippen molar-refractivity contribution in [2.45, 2.75) is 13.5 Å². The second-order valence-corrected chi connectivity index (χ2v) is 5.39. The Kier molecular flexibility index (Phi) is 5.70. The van der Waals surface area contributed by atoms with Gasteiger partial charge in [-0.2, -0.15) is 0 Å². The summed E-state index contributed by atoms with van der Waals surface area (Å²) in [5.74, 6) is -0.0592. The Morgan fingerprint density at radius 3 is 2.83 bits per heavy atom. The number of carbonyl (C=O) groups excluding carboxylic acids is 1. The van der Waals surface area contributed by atoms with E-state index < -0.39 is 4.92 Å². The Morgan fingerprint density at radius 2 is 2.17 bits per heavy atom. The molecule has 2 rings (SSSR count). The van der Waals surface area contributed by atoms with Crippen molar-refractivity contribution in [3.05, 3.63) is 62.8 Å². The topological polar surface area (TPSA) is 85.6 Å². The highest BCUT2D eigenvalue weighted by atomic mass is 35.5. The average Bonchev–Trinajstić information content (AvgIpc) is 2.56. The van der Waals surface area contributed by atoms with Crippen LogP contribution in [0.4, 0.5) is 5.69 Å². The Labute approximate surface area is 144 Å². The normalized spacial score (nSPS) is 10.3. The smallest absolute Gasteiger partial charge is 0.269 e. The van der Waals surface area contributed by atoms with Gasteiger partial charge in [-0.05, 0) is 30.7 Å². The number of amides is 1. The van der Waals surface area contributed by atoms with E-state index in [1.807, 2.05) is 0 Å². The molecule has 0 saturated carbocycles. The van der Waals surface area contributed by atoms with E-state index in [-0.39, 0.29) is 24.0 Å². The minimum Gasteiger partial charge on any atom is -0.477 e. The number of benzene rings is 1. The molecule has 0 aliphatic heterocycles. The minimum absolute atomic E-state index is 0.0772. The van der Waals surface area contributed by atoms with E-state index in [0.717, 1.165) is 0 Å². The largest absolute Gasteiger partial charge is 0.477 e. The molecule has 0 aliphatic rings. The molecule has 0 N–H and O–H groups in total. The molecule has 7 nitrogen and oxygen atoms in total. The number of pyridine rings is 1. The van der Waals surface area contributed by atoms with Crippen molar-refractivity contribution in [2.24, 2.45) is 0 Å². The van der Waals surface area contributed by atoms with Gasteiger partial charge in [-0.1, -0.05) is 11.6 Å². The predicted octanol–water partition coefficient (Wildman–Crippen LogP) is 3.31. The summed E-state index contributed by atoms with van der Waals surface area (Å²) >= 11 is 6.08. The molecule has 0 radical (unpaired) electrons. The fraction of sp³-hybridized carbons (Fsp3) is 0.250. The van der Waals surface area contributed by atoms with Crippen LogP contribution in [0.15, 0.2) is 36.5 Å². The summed E-state index contributed by atoms with van der Waals surface area (Å²) in [5, 5.41) is 11.2. The van der Waals surface area contributed by atoms with Crippen LogP contribution in [-0.4, -0.2) is 34.4 Å². The third-order valence-corrected chi connectivity index (χ3v) is 3.65. The van der Waals surface area contributed by atoms with E-state index in [4.69, 9.17) is 16.3 Å². The highest BCUT2D eigenvalue weighted by molar-refractivity contribution is 6.31. The molecule has 0 saturated heterocycles. The maximum absolute atomic E-state index is 12.6. The van der Waals surface area contributed by atoms with Crippen molar-refractivity contribution in [3.63, 3.8) is 0 Å². The Bertz CT molecular complexity index is 767. The summed E-state index contributed by atoms with van der Waals surface area (Å²) in [6.07, 6.45) is 1.54. The fourth-order valence-electron chi connectivity index (χ4n) is 2.13. The molecule has 2 aromatic rings. The standard InChI is InChI=1S/C16H16ClN3O4/c1-3-24-15-13(5-4-8-18-15)16(21)19(2)10-11-9-12(20(22)23)6-7-14(11)17/h4-9H,3,10H2,1-2H3. The van der Waals surface area contributed by atoms with Gasteiger partial charge in [0.2, 0.25) is 5.88 Å². The molecule has 0 atom stereocenters. The number of nitrogens with zero attached hydrogens (tertiary/aromatic N) is 3. The number of hydrogen-bond donors (Lipinski definition) is 0. The summed E-state index contributed by atoms with van der Waals surface area (Å²) in [7, 11) is 1.58. The van der Waals surface area contributed by atoms with Crippen molar-refractivity contribution in [2.75, 3.05) is 13.7 Å².